The SMILES string of the molecule is CN=C(NCC(C)Oc1ccccc1OC)NCC1(C(=O)N(C)C)CCCC1.I. The van der Waals surface area contributed by atoms with E-state index in [-0.39, 0.29) is 41.4 Å². The molecule has 1 atom stereocenters. The zero-order chi connectivity index (χ0) is 20.6. The van der Waals surface area contributed by atoms with Crippen molar-refractivity contribution in [2.75, 3.05) is 41.3 Å². The molecule has 29 heavy (non-hydrogen) atoms. The number of para-hydroxylation sites is 2. The van der Waals surface area contributed by atoms with Gasteiger partial charge in [0.15, 0.2) is 17.5 Å². The highest BCUT2D eigenvalue weighted by Gasteiger charge is 2.42. The van der Waals surface area contributed by atoms with Gasteiger partial charge in [-0.1, -0.05) is 25.0 Å². The summed E-state index contributed by atoms with van der Waals surface area (Å²) in [4.78, 5) is 18.7. The van der Waals surface area contributed by atoms with Crippen LogP contribution >= 0.6 is 24.0 Å². The number of carbonyl (C=O) groups is 1. The van der Waals surface area contributed by atoms with Crippen LogP contribution in [0.5, 0.6) is 11.5 Å². The summed E-state index contributed by atoms with van der Waals surface area (Å²) >= 11 is 0. The van der Waals surface area contributed by atoms with Crippen LogP contribution in [-0.4, -0.2) is 64.2 Å². The van der Waals surface area contributed by atoms with Crippen LogP contribution in [0.4, 0.5) is 0 Å². The van der Waals surface area contributed by atoms with Crippen molar-refractivity contribution in [2.45, 2.75) is 38.7 Å². The fourth-order valence-corrected chi connectivity index (χ4v) is 3.68. The maximum Gasteiger partial charge on any atom is 0.230 e. The number of nitrogens with zero attached hydrogens (tertiary/aromatic N) is 2. The Hall–Kier alpha value is -1.71. The summed E-state index contributed by atoms with van der Waals surface area (Å²) in [5.74, 6) is 2.29. The normalized spacial score (nSPS) is 16.4. The van der Waals surface area contributed by atoms with Gasteiger partial charge in [0.25, 0.3) is 0 Å². The van der Waals surface area contributed by atoms with E-state index in [0.717, 1.165) is 25.7 Å². The highest BCUT2D eigenvalue weighted by atomic mass is 127. The fourth-order valence-electron chi connectivity index (χ4n) is 3.68. The summed E-state index contributed by atoms with van der Waals surface area (Å²) < 4.78 is 11.3. The van der Waals surface area contributed by atoms with Gasteiger partial charge in [-0.2, -0.15) is 0 Å². The Morgan fingerprint density at radius 1 is 1.21 bits per heavy atom. The summed E-state index contributed by atoms with van der Waals surface area (Å²) in [5, 5.41) is 6.63. The molecule has 0 aliphatic heterocycles. The van der Waals surface area contributed by atoms with E-state index < -0.39 is 0 Å². The van der Waals surface area contributed by atoms with Gasteiger partial charge in [-0.05, 0) is 31.9 Å². The van der Waals surface area contributed by atoms with E-state index in [9.17, 15) is 4.79 Å². The molecule has 2 rings (SSSR count). The highest BCUT2D eigenvalue weighted by molar-refractivity contribution is 14.0. The van der Waals surface area contributed by atoms with Crippen LogP contribution < -0.4 is 20.1 Å². The molecule has 1 aliphatic carbocycles. The number of hydrogen-bond donors (Lipinski definition) is 2. The lowest BCUT2D eigenvalue weighted by Crippen LogP contribution is -2.50. The van der Waals surface area contributed by atoms with Crippen molar-refractivity contribution in [3.8, 4) is 11.5 Å². The van der Waals surface area contributed by atoms with Gasteiger partial charge < -0.3 is 25.0 Å². The topological polar surface area (TPSA) is 75.2 Å². The molecule has 1 unspecified atom stereocenters. The van der Waals surface area contributed by atoms with Crippen LogP contribution in [0, 0.1) is 5.41 Å². The first-order chi connectivity index (χ1) is 13.4. The lowest BCUT2D eigenvalue weighted by atomic mass is 9.84. The molecule has 164 valence electrons. The molecule has 1 amide bonds. The number of halogens is 1. The summed E-state index contributed by atoms with van der Waals surface area (Å²) in [7, 11) is 7.01. The first-order valence-corrected chi connectivity index (χ1v) is 9.88. The van der Waals surface area contributed by atoms with Crippen LogP contribution in [0.3, 0.4) is 0 Å². The average molecular weight is 518 g/mol. The number of carbonyl (C=O) groups excluding carboxylic acids is 1. The van der Waals surface area contributed by atoms with Crippen molar-refractivity contribution in [2.24, 2.45) is 10.4 Å². The minimum Gasteiger partial charge on any atom is -0.493 e. The Balaban J connectivity index is 0.00000420. The molecule has 1 aromatic rings. The quantitative estimate of drug-likeness (QED) is 0.315. The number of methoxy groups -OCH3 is 1. The first-order valence-electron chi connectivity index (χ1n) is 9.88. The lowest BCUT2D eigenvalue weighted by molar-refractivity contribution is -0.138. The number of benzene rings is 1. The predicted molar refractivity (Wildman–Crippen MR) is 127 cm³/mol. The number of nitrogens with one attached hydrogen (secondary N) is 2. The second-order valence-electron chi connectivity index (χ2n) is 7.57. The Kier molecular flexibility index (Phi) is 10.6. The first kappa shape index (κ1) is 25.3. The van der Waals surface area contributed by atoms with Crippen LogP contribution in [0.15, 0.2) is 29.3 Å². The monoisotopic (exact) mass is 518 g/mol. The largest absolute Gasteiger partial charge is 0.493 e. The molecule has 1 saturated carbocycles. The third-order valence-corrected chi connectivity index (χ3v) is 5.19. The Morgan fingerprint density at radius 2 is 1.83 bits per heavy atom. The molecule has 0 saturated heterocycles. The number of aliphatic imine (C=N–C) groups is 1. The third kappa shape index (κ3) is 6.94. The Bertz CT molecular complexity index is 676. The second-order valence-corrected chi connectivity index (χ2v) is 7.57. The van der Waals surface area contributed by atoms with Gasteiger partial charge in [0.1, 0.15) is 6.10 Å². The zero-order valence-electron chi connectivity index (χ0n) is 18.2. The van der Waals surface area contributed by atoms with Crippen molar-refractivity contribution in [1.82, 2.24) is 15.5 Å². The van der Waals surface area contributed by atoms with E-state index >= 15 is 0 Å². The maximum absolute atomic E-state index is 12.7. The molecule has 8 heteroatoms. The molecule has 0 aromatic heterocycles. The van der Waals surface area contributed by atoms with Crippen molar-refractivity contribution in [1.29, 1.82) is 0 Å². The third-order valence-electron chi connectivity index (χ3n) is 5.19. The van der Waals surface area contributed by atoms with E-state index in [2.05, 4.69) is 15.6 Å². The maximum atomic E-state index is 12.7. The molecule has 1 fully saturated rings. The molecule has 0 radical (unpaired) electrons. The standard InChI is InChI=1S/C21H34N4O3.HI/c1-16(28-18-11-7-6-10-17(18)27-5)14-23-20(22-2)24-15-21(12-8-9-13-21)19(26)25(3)4;/h6-7,10-11,16H,8-9,12-15H2,1-5H3,(H2,22,23,24);1H. The smallest absolute Gasteiger partial charge is 0.230 e. The minimum atomic E-state index is -0.333. The minimum absolute atomic E-state index is 0. The van der Waals surface area contributed by atoms with Gasteiger partial charge in [0, 0.05) is 27.7 Å². The van der Waals surface area contributed by atoms with Gasteiger partial charge in [-0.25, -0.2) is 0 Å². The van der Waals surface area contributed by atoms with Crippen LogP contribution in [0.2, 0.25) is 0 Å². The molecule has 7 nitrogen and oxygen atoms in total. The van der Waals surface area contributed by atoms with Gasteiger partial charge in [0.2, 0.25) is 5.91 Å². The summed E-state index contributed by atoms with van der Waals surface area (Å²) in [6, 6.07) is 7.59. The van der Waals surface area contributed by atoms with Crippen LogP contribution in [0.1, 0.15) is 32.6 Å². The molecule has 0 spiro atoms. The zero-order valence-corrected chi connectivity index (χ0v) is 20.5. The molecule has 1 aliphatic rings. The van der Waals surface area contributed by atoms with Gasteiger partial charge in [-0.15, -0.1) is 24.0 Å². The van der Waals surface area contributed by atoms with Crippen molar-refractivity contribution in [3.05, 3.63) is 24.3 Å². The van der Waals surface area contributed by atoms with E-state index in [4.69, 9.17) is 9.47 Å². The van der Waals surface area contributed by atoms with Crippen molar-refractivity contribution < 1.29 is 14.3 Å². The molecule has 2 N–H and O–H groups in total. The summed E-state index contributed by atoms with van der Waals surface area (Å²) in [6.07, 6.45) is 3.94. The number of rotatable bonds is 8. The Labute approximate surface area is 191 Å². The number of ether oxygens (including phenoxy) is 2. The van der Waals surface area contributed by atoms with Gasteiger partial charge in [0.05, 0.1) is 19.1 Å². The van der Waals surface area contributed by atoms with Crippen LogP contribution in [-0.2, 0) is 4.79 Å². The predicted octanol–water partition coefficient (Wildman–Crippen LogP) is 2.89. The molecule has 0 heterocycles. The summed E-state index contributed by atoms with van der Waals surface area (Å²) in [5.41, 5.74) is -0.333. The van der Waals surface area contributed by atoms with Crippen molar-refractivity contribution in [3.63, 3.8) is 0 Å². The van der Waals surface area contributed by atoms with Gasteiger partial charge in [-0.3, -0.25) is 9.79 Å². The summed E-state index contributed by atoms with van der Waals surface area (Å²) in [6.45, 7) is 3.15. The molecular weight excluding hydrogens is 483 g/mol. The van der Waals surface area contributed by atoms with E-state index in [1.165, 1.54) is 0 Å². The average Bonchev–Trinajstić information content (AvgIpc) is 3.18. The van der Waals surface area contributed by atoms with E-state index in [0.29, 0.717) is 30.5 Å². The fraction of sp³-hybridized carbons (Fsp3) is 0.619. The number of amides is 1. The van der Waals surface area contributed by atoms with Crippen LogP contribution in [0.25, 0.3) is 0 Å². The number of guanidine groups is 1. The van der Waals surface area contributed by atoms with Crippen molar-refractivity contribution >= 4 is 35.8 Å². The highest BCUT2D eigenvalue weighted by Crippen LogP contribution is 2.38. The molecule has 0 bridgehead atoms. The Morgan fingerprint density at radius 3 is 2.38 bits per heavy atom. The number of hydrogen-bond acceptors (Lipinski definition) is 4. The lowest BCUT2D eigenvalue weighted by Gasteiger charge is -2.31. The second kappa shape index (κ2) is 12.1. The molecular formula is C21H35IN4O3. The molecule has 1 aromatic carbocycles. The van der Waals surface area contributed by atoms with E-state index in [1.807, 2.05) is 45.3 Å². The van der Waals surface area contributed by atoms with Gasteiger partial charge >= 0.3 is 0 Å². The van der Waals surface area contributed by atoms with E-state index in [1.54, 1.807) is 19.1 Å².